The average Bonchev–Trinajstić information content (AvgIpc) is 3.15. The van der Waals surface area contributed by atoms with E-state index in [4.69, 9.17) is 14.0 Å². The largest absolute Gasteiger partial charge is 0.497 e. The topological polar surface area (TPSA) is 104 Å². The molecule has 0 radical (unpaired) electrons. The normalized spacial score (nSPS) is 11.4. The molecular formula is C17H16BrN3O5S. The Labute approximate surface area is 164 Å². The van der Waals surface area contributed by atoms with Crippen LogP contribution < -0.4 is 14.2 Å². The van der Waals surface area contributed by atoms with Crippen LogP contribution in [0.15, 0.2) is 56.4 Å². The van der Waals surface area contributed by atoms with E-state index in [0.29, 0.717) is 16.0 Å². The summed E-state index contributed by atoms with van der Waals surface area (Å²) in [5.74, 6) is 1.43. The fraction of sp³-hybridized carbons (Fsp3) is 0.176. The van der Waals surface area contributed by atoms with Gasteiger partial charge >= 0.3 is 0 Å². The number of hydrogen-bond acceptors (Lipinski definition) is 7. The SMILES string of the molecule is COc1ccc(-c2noc(CNS(=O)(=O)c3cc(Br)ccc3OC)n2)cc1. The predicted molar refractivity (Wildman–Crippen MR) is 101 cm³/mol. The molecule has 2 aromatic carbocycles. The fourth-order valence-electron chi connectivity index (χ4n) is 2.28. The van der Waals surface area contributed by atoms with Gasteiger partial charge in [0.05, 0.1) is 20.8 Å². The first-order chi connectivity index (χ1) is 12.9. The summed E-state index contributed by atoms with van der Waals surface area (Å²) in [6, 6.07) is 11.8. The van der Waals surface area contributed by atoms with Crippen LogP contribution in [0.4, 0.5) is 0 Å². The first kappa shape index (κ1) is 19.3. The lowest BCUT2D eigenvalue weighted by molar-refractivity contribution is 0.375. The summed E-state index contributed by atoms with van der Waals surface area (Å²) in [6.45, 7) is -0.152. The first-order valence-electron chi connectivity index (χ1n) is 7.73. The molecule has 1 heterocycles. The van der Waals surface area contributed by atoms with Gasteiger partial charge in [0, 0.05) is 10.0 Å². The Morgan fingerprint density at radius 2 is 1.85 bits per heavy atom. The van der Waals surface area contributed by atoms with Crippen LogP contribution in [0.25, 0.3) is 11.4 Å². The van der Waals surface area contributed by atoms with Gasteiger partial charge in [0.15, 0.2) is 0 Å². The molecule has 0 saturated carbocycles. The lowest BCUT2D eigenvalue weighted by atomic mass is 10.2. The summed E-state index contributed by atoms with van der Waals surface area (Å²) in [6.07, 6.45) is 0. The lowest BCUT2D eigenvalue weighted by Gasteiger charge is -2.10. The van der Waals surface area contributed by atoms with Crippen LogP contribution >= 0.6 is 15.9 Å². The smallest absolute Gasteiger partial charge is 0.244 e. The van der Waals surface area contributed by atoms with Crippen molar-refractivity contribution in [3.8, 4) is 22.9 Å². The summed E-state index contributed by atoms with van der Waals surface area (Å²) in [5, 5.41) is 3.87. The van der Waals surface area contributed by atoms with Crippen molar-refractivity contribution in [2.24, 2.45) is 0 Å². The van der Waals surface area contributed by atoms with Crippen molar-refractivity contribution in [1.82, 2.24) is 14.9 Å². The number of aromatic nitrogens is 2. The van der Waals surface area contributed by atoms with E-state index in [2.05, 4.69) is 30.8 Å². The van der Waals surface area contributed by atoms with E-state index < -0.39 is 10.0 Å². The molecule has 8 nitrogen and oxygen atoms in total. The second-order valence-electron chi connectivity index (χ2n) is 5.36. The van der Waals surface area contributed by atoms with Gasteiger partial charge in [0.2, 0.25) is 21.7 Å². The van der Waals surface area contributed by atoms with Crippen LogP contribution in [0.1, 0.15) is 5.89 Å². The number of ether oxygens (including phenoxy) is 2. The molecule has 0 amide bonds. The number of nitrogens with zero attached hydrogens (tertiary/aromatic N) is 2. The third kappa shape index (κ3) is 4.46. The third-order valence-electron chi connectivity index (χ3n) is 3.64. The zero-order valence-electron chi connectivity index (χ0n) is 14.5. The van der Waals surface area contributed by atoms with Crippen LogP contribution in [0, 0.1) is 0 Å². The van der Waals surface area contributed by atoms with E-state index in [1.54, 1.807) is 43.5 Å². The number of methoxy groups -OCH3 is 2. The van der Waals surface area contributed by atoms with Gasteiger partial charge in [-0.15, -0.1) is 0 Å². The Balaban J connectivity index is 1.75. The lowest BCUT2D eigenvalue weighted by Crippen LogP contribution is -2.24. The molecule has 3 aromatic rings. The minimum atomic E-state index is -3.84. The van der Waals surface area contributed by atoms with E-state index in [1.165, 1.54) is 13.2 Å². The minimum Gasteiger partial charge on any atom is -0.497 e. The molecule has 0 atom stereocenters. The molecule has 0 aliphatic rings. The number of benzene rings is 2. The molecule has 1 aromatic heterocycles. The average molecular weight is 454 g/mol. The number of rotatable bonds is 7. The molecule has 27 heavy (non-hydrogen) atoms. The Morgan fingerprint density at radius 1 is 1.11 bits per heavy atom. The highest BCUT2D eigenvalue weighted by atomic mass is 79.9. The molecule has 142 valence electrons. The van der Waals surface area contributed by atoms with Crippen LogP contribution in [-0.2, 0) is 16.6 Å². The standard InChI is InChI=1S/C17H16BrN3O5S/c1-24-13-6-3-11(4-7-13)17-20-16(26-21-17)10-19-27(22,23)15-9-12(18)5-8-14(15)25-2/h3-9,19H,10H2,1-2H3. The molecule has 0 aliphatic carbocycles. The van der Waals surface area contributed by atoms with Crippen molar-refractivity contribution in [2.45, 2.75) is 11.4 Å². The van der Waals surface area contributed by atoms with Crippen molar-refractivity contribution < 1.29 is 22.4 Å². The number of sulfonamides is 1. The summed E-state index contributed by atoms with van der Waals surface area (Å²) < 4.78 is 43.5. The molecule has 10 heteroatoms. The number of halogens is 1. The van der Waals surface area contributed by atoms with Gasteiger partial charge in [0.1, 0.15) is 16.4 Å². The molecule has 1 N–H and O–H groups in total. The van der Waals surface area contributed by atoms with Crippen LogP contribution in [0.5, 0.6) is 11.5 Å². The molecule has 0 spiro atoms. The van der Waals surface area contributed by atoms with Crippen LogP contribution in [-0.4, -0.2) is 32.8 Å². The molecule has 0 fully saturated rings. The highest BCUT2D eigenvalue weighted by molar-refractivity contribution is 9.10. The van der Waals surface area contributed by atoms with Gasteiger partial charge in [0.25, 0.3) is 0 Å². The summed E-state index contributed by atoms with van der Waals surface area (Å²) in [7, 11) is -0.856. The minimum absolute atomic E-state index is 0.00858. The highest BCUT2D eigenvalue weighted by Gasteiger charge is 2.21. The quantitative estimate of drug-likeness (QED) is 0.586. The number of hydrogen-bond donors (Lipinski definition) is 1. The molecule has 0 bridgehead atoms. The van der Waals surface area contributed by atoms with E-state index in [1.807, 2.05) is 0 Å². The third-order valence-corrected chi connectivity index (χ3v) is 5.56. The van der Waals surface area contributed by atoms with Gasteiger partial charge in [-0.05, 0) is 42.5 Å². The predicted octanol–water partition coefficient (Wildman–Crippen LogP) is 2.99. The number of nitrogens with one attached hydrogen (secondary N) is 1. The molecular weight excluding hydrogens is 438 g/mol. The molecule has 0 unspecified atom stereocenters. The van der Waals surface area contributed by atoms with E-state index in [-0.39, 0.29) is 23.1 Å². The van der Waals surface area contributed by atoms with E-state index in [0.717, 1.165) is 5.56 Å². The maximum Gasteiger partial charge on any atom is 0.244 e. The van der Waals surface area contributed by atoms with E-state index >= 15 is 0 Å². The maximum atomic E-state index is 12.6. The molecule has 0 aliphatic heterocycles. The Morgan fingerprint density at radius 3 is 2.52 bits per heavy atom. The molecule has 0 saturated heterocycles. The zero-order chi connectivity index (χ0) is 19.4. The fourth-order valence-corrected chi connectivity index (χ4v) is 3.96. The van der Waals surface area contributed by atoms with Crippen molar-refractivity contribution in [1.29, 1.82) is 0 Å². The monoisotopic (exact) mass is 453 g/mol. The second-order valence-corrected chi connectivity index (χ2v) is 8.01. The van der Waals surface area contributed by atoms with Crippen LogP contribution in [0.3, 0.4) is 0 Å². The van der Waals surface area contributed by atoms with Gasteiger partial charge in [-0.3, -0.25) is 0 Å². The summed E-state index contributed by atoms with van der Waals surface area (Å²) in [4.78, 5) is 4.22. The van der Waals surface area contributed by atoms with Gasteiger partial charge in [-0.1, -0.05) is 21.1 Å². The molecule has 3 rings (SSSR count). The highest BCUT2D eigenvalue weighted by Crippen LogP contribution is 2.27. The van der Waals surface area contributed by atoms with Crippen molar-refractivity contribution in [3.05, 3.63) is 52.8 Å². The van der Waals surface area contributed by atoms with Gasteiger partial charge < -0.3 is 14.0 Å². The first-order valence-corrected chi connectivity index (χ1v) is 10.0. The maximum absolute atomic E-state index is 12.6. The zero-order valence-corrected chi connectivity index (χ0v) is 16.9. The Bertz CT molecular complexity index is 1030. The van der Waals surface area contributed by atoms with Crippen molar-refractivity contribution in [3.63, 3.8) is 0 Å². The van der Waals surface area contributed by atoms with Crippen LogP contribution in [0.2, 0.25) is 0 Å². The van der Waals surface area contributed by atoms with Crippen molar-refractivity contribution >= 4 is 26.0 Å². The van der Waals surface area contributed by atoms with Gasteiger partial charge in [-0.25, -0.2) is 13.1 Å². The van der Waals surface area contributed by atoms with E-state index in [9.17, 15) is 8.42 Å². The summed E-state index contributed by atoms with van der Waals surface area (Å²) in [5.41, 5.74) is 0.724. The Hall–Kier alpha value is -2.43. The Kier molecular flexibility index (Phi) is 5.78. The van der Waals surface area contributed by atoms with Crippen molar-refractivity contribution in [2.75, 3.05) is 14.2 Å². The summed E-state index contributed by atoms with van der Waals surface area (Å²) >= 11 is 3.26. The second kappa shape index (κ2) is 8.07. The van der Waals surface area contributed by atoms with Gasteiger partial charge in [-0.2, -0.15) is 4.98 Å².